The normalized spacial score (nSPS) is 14.8. The molecule has 1 aromatic carbocycles. The highest BCUT2D eigenvalue weighted by Crippen LogP contribution is 2.23. The number of nitrogens with one attached hydrogen (secondary N) is 1. The first-order chi connectivity index (χ1) is 13.6. The van der Waals surface area contributed by atoms with Crippen LogP contribution in [0.4, 0.5) is 5.69 Å². The first-order valence-corrected chi connectivity index (χ1v) is 9.69. The fraction of sp³-hybridized carbons (Fsp3) is 0.263. The zero-order chi connectivity index (χ0) is 19.5. The van der Waals surface area contributed by atoms with Crippen molar-refractivity contribution in [2.45, 2.75) is 18.9 Å². The van der Waals surface area contributed by atoms with Crippen molar-refractivity contribution in [1.82, 2.24) is 19.7 Å². The lowest BCUT2D eigenvalue weighted by Gasteiger charge is -2.32. The minimum absolute atomic E-state index is 0.0473. The van der Waals surface area contributed by atoms with Gasteiger partial charge in [0, 0.05) is 24.3 Å². The van der Waals surface area contributed by atoms with E-state index in [1.165, 1.54) is 6.33 Å². The number of likely N-dealkylation sites (tertiary alicyclic amines) is 1. The predicted molar refractivity (Wildman–Crippen MR) is 105 cm³/mol. The second-order valence-corrected chi connectivity index (χ2v) is 7.32. The maximum absolute atomic E-state index is 12.9. The third-order valence-electron chi connectivity index (χ3n) is 4.73. The summed E-state index contributed by atoms with van der Waals surface area (Å²) < 4.78 is 7.58. The lowest BCUT2D eigenvalue weighted by atomic mass is 10.0. The largest absolute Gasteiger partial charge is 0.444 e. The fourth-order valence-corrected chi connectivity index (χ4v) is 3.59. The average Bonchev–Trinajstić information content (AvgIpc) is 3.40. The van der Waals surface area contributed by atoms with Crippen LogP contribution in [0.1, 0.15) is 39.8 Å². The minimum Gasteiger partial charge on any atom is -0.444 e. The van der Waals surface area contributed by atoms with Gasteiger partial charge in [0.2, 0.25) is 0 Å². The summed E-state index contributed by atoms with van der Waals surface area (Å²) in [7, 11) is 0. The highest BCUT2D eigenvalue weighted by Gasteiger charge is 2.25. The number of hydrogen-bond donors (Lipinski definition) is 1. The van der Waals surface area contributed by atoms with Crippen molar-refractivity contribution < 1.29 is 14.0 Å². The van der Waals surface area contributed by atoms with E-state index in [-0.39, 0.29) is 23.6 Å². The molecule has 1 N–H and O–H groups in total. The van der Waals surface area contributed by atoms with E-state index in [1.54, 1.807) is 42.7 Å². The van der Waals surface area contributed by atoms with E-state index < -0.39 is 0 Å². The Labute approximate surface area is 169 Å². The summed E-state index contributed by atoms with van der Waals surface area (Å²) >= 11 is 3.17. The van der Waals surface area contributed by atoms with Crippen LogP contribution in [0.3, 0.4) is 0 Å². The molecule has 0 atom stereocenters. The van der Waals surface area contributed by atoms with Crippen LogP contribution in [0.15, 0.2) is 58.1 Å². The molecule has 1 saturated heterocycles. The fourth-order valence-electron chi connectivity index (χ4n) is 3.28. The van der Waals surface area contributed by atoms with Crippen LogP contribution in [-0.4, -0.2) is 44.6 Å². The Hall–Kier alpha value is -2.94. The Morgan fingerprint density at radius 1 is 1.18 bits per heavy atom. The van der Waals surface area contributed by atoms with Crippen molar-refractivity contribution in [3.8, 4) is 0 Å². The maximum atomic E-state index is 12.9. The molecule has 0 radical (unpaired) electrons. The molecule has 4 rings (SSSR count). The number of benzene rings is 1. The van der Waals surface area contributed by atoms with Crippen LogP contribution in [0, 0.1) is 0 Å². The van der Waals surface area contributed by atoms with E-state index >= 15 is 0 Å². The molecule has 28 heavy (non-hydrogen) atoms. The van der Waals surface area contributed by atoms with Gasteiger partial charge in [0.15, 0.2) is 10.4 Å². The van der Waals surface area contributed by atoms with Gasteiger partial charge < -0.3 is 14.6 Å². The minimum atomic E-state index is -0.371. The topological polar surface area (TPSA) is 93.3 Å². The van der Waals surface area contributed by atoms with E-state index in [0.29, 0.717) is 29.0 Å². The van der Waals surface area contributed by atoms with E-state index in [1.807, 2.05) is 9.58 Å². The first-order valence-electron chi connectivity index (χ1n) is 8.90. The van der Waals surface area contributed by atoms with Gasteiger partial charge in [-0.15, -0.1) is 0 Å². The number of furan rings is 1. The smallest absolute Gasteiger partial charge is 0.291 e. The summed E-state index contributed by atoms with van der Waals surface area (Å²) in [5.41, 5.74) is 1.08. The molecule has 0 bridgehead atoms. The molecule has 3 heterocycles. The number of rotatable bonds is 4. The van der Waals surface area contributed by atoms with Gasteiger partial charge in [-0.2, -0.15) is 5.10 Å². The van der Waals surface area contributed by atoms with Crippen LogP contribution in [0.5, 0.6) is 0 Å². The van der Waals surface area contributed by atoms with Gasteiger partial charge in [-0.25, -0.2) is 9.67 Å². The Balaban J connectivity index is 1.40. The maximum Gasteiger partial charge on any atom is 0.291 e. The molecule has 0 unspecified atom stereocenters. The summed E-state index contributed by atoms with van der Waals surface area (Å²) in [6.45, 7) is 1.31. The van der Waals surface area contributed by atoms with E-state index in [4.69, 9.17) is 4.42 Å². The van der Waals surface area contributed by atoms with Gasteiger partial charge >= 0.3 is 0 Å². The van der Waals surface area contributed by atoms with Crippen LogP contribution in [0.2, 0.25) is 0 Å². The van der Waals surface area contributed by atoms with Gasteiger partial charge in [0.05, 0.1) is 6.04 Å². The number of amides is 2. The van der Waals surface area contributed by atoms with Gasteiger partial charge in [-0.1, -0.05) is 6.07 Å². The third-order valence-corrected chi connectivity index (χ3v) is 5.15. The average molecular weight is 444 g/mol. The SMILES string of the molecule is O=C(Nc1cccc(C(=O)N2CCC(n3cncn3)CC2)c1)c1ccc(Br)o1. The summed E-state index contributed by atoms with van der Waals surface area (Å²) in [5.74, 6) is -0.225. The summed E-state index contributed by atoms with van der Waals surface area (Å²) in [4.78, 5) is 30.9. The molecule has 2 aromatic heterocycles. The quantitative estimate of drug-likeness (QED) is 0.666. The van der Waals surface area contributed by atoms with Crippen molar-refractivity contribution in [3.05, 3.63) is 65.0 Å². The molecule has 3 aromatic rings. The number of carbonyl (C=O) groups excluding carboxylic acids is 2. The lowest BCUT2D eigenvalue weighted by molar-refractivity contribution is 0.0689. The predicted octanol–water partition coefficient (Wildman–Crippen LogP) is 3.36. The Kier molecular flexibility index (Phi) is 5.25. The Morgan fingerprint density at radius 3 is 2.68 bits per heavy atom. The molecule has 1 aliphatic rings. The molecule has 9 heteroatoms. The van der Waals surface area contributed by atoms with Gasteiger partial charge in [0.1, 0.15) is 12.7 Å². The number of carbonyl (C=O) groups is 2. The second-order valence-electron chi connectivity index (χ2n) is 6.54. The van der Waals surface area contributed by atoms with E-state index in [0.717, 1.165) is 12.8 Å². The zero-order valence-electron chi connectivity index (χ0n) is 14.9. The standard InChI is InChI=1S/C19H18BrN5O3/c20-17-5-4-16(28-17)18(26)23-14-3-1-2-13(10-14)19(27)24-8-6-15(7-9-24)25-12-21-11-22-25/h1-5,10-12,15H,6-9H2,(H,23,26). The molecule has 0 saturated carbocycles. The molecular formula is C19H18BrN5O3. The molecule has 8 nitrogen and oxygen atoms in total. The van der Waals surface area contributed by atoms with Crippen LogP contribution in [-0.2, 0) is 0 Å². The highest BCUT2D eigenvalue weighted by molar-refractivity contribution is 9.10. The third kappa shape index (κ3) is 3.99. The summed E-state index contributed by atoms with van der Waals surface area (Å²) in [6.07, 6.45) is 4.91. The van der Waals surface area contributed by atoms with Crippen LogP contribution in [0.25, 0.3) is 0 Å². The number of aromatic nitrogens is 3. The van der Waals surface area contributed by atoms with Crippen molar-refractivity contribution in [2.24, 2.45) is 0 Å². The number of anilines is 1. The lowest BCUT2D eigenvalue weighted by Crippen LogP contribution is -2.39. The van der Waals surface area contributed by atoms with E-state index in [2.05, 4.69) is 31.3 Å². The molecular weight excluding hydrogens is 426 g/mol. The van der Waals surface area contributed by atoms with Crippen LogP contribution < -0.4 is 5.32 Å². The highest BCUT2D eigenvalue weighted by atomic mass is 79.9. The van der Waals surface area contributed by atoms with Gasteiger partial charge in [-0.3, -0.25) is 9.59 Å². The zero-order valence-corrected chi connectivity index (χ0v) is 16.5. The second kappa shape index (κ2) is 7.97. The summed E-state index contributed by atoms with van der Waals surface area (Å²) in [6, 6.07) is 10.4. The molecule has 2 amide bonds. The van der Waals surface area contributed by atoms with Crippen molar-refractivity contribution >= 4 is 33.4 Å². The molecule has 1 aliphatic heterocycles. The van der Waals surface area contributed by atoms with E-state index in [9.17, 15) is 9.59 Å². The van der Waals surface area contributed by atoms with Crippen molar-refractivity contribution in [3.63, 3.8) is 0 Å². The molecule has 0 spiro atoms. The monoisotopic (exact) mass is 443 g/mol. The number of halogens is 1. The van der Waals surface area contributed by atoms with Gasteiger partial charge in [-0.05, 0) is 59.1 Å². The first kappa shape index (κ1) is 18.4. The van der Waals surface area contributed by atoms with Crippen molar-refractivity contribution in [2.75, 3.05) is 18.4 Å². The molecule has 0 aliphatic carbocycles. The number of hydrogen-bond acceptors (Lipinski definition) is 5. The number of piperidine rings is 1. The Morgan fingerprint density at radius 2 is 2.00 bits per heavy atom. The molecule has 1 fully saturated rings. The molecule has 144 valence electrons. The van der Waals surface area contributed by atoms with Crippen LogP contribution >= 0.6 is 15.9 Å². The number of nitrogens with zero attached hydrogens (tertiary/aromatic N) is 4. The summed E-state index contributed by atoms with van der Waals surface area (Å²) in [5, 5.41) is 6.94. The Bertz CT molecular complexity index is 977. The van der Waals surface area contributed by atoms with Gasteiger partial charge in [0.25, 0.3) is 11.8 Å². The van der Waals surface area contributed by atoms with Crippen molar-refractivity contribution in [1.29, 1.82) is 0 Å².